The number of aromatic nitrogens is 2. The zero-order chi connectivity index (χ0) is 26.0. The molecule has 0 saturated heterocycles. The number of carbonyl (C=O) groups excluding carboxylic acids is 1. The van der Waals surface area contributed by atoms with Crippen LogP contribution >= 0.6 is 11.6 Å². The van der Waals surface area contributed by atoms with E-state index in [-0.39, 0.29) is 23.3 Å². The highest BCUT2D eigenvalue weighted by atomic mass is 35.5. The summed E-state index contributed by atoms with van der Waals surface area (Å²) in [5, 5.41) is 12.3. The molecule has 5 nitrogen and oxygen atoms in total. The van der Waals surface area contributed by atoms with E-state index in [9.17, 15) is 36.2 Å². The minimum absolute atomic E-state index is 0.0507. The summed E-state index contributed by atoms with van der Waals surface area (Å²) in [6, 6.07) is 0.658. The van der Waals surface area contributed by atoms with Crippen molar-refractivity contribution in [1.29, 1.82) is 0 Å². The van der Waals surface area contributed by atoms with E-state index in [1.54, 1.807) is 0 Å². The summed E-state index contributed by atoms with van der Waals surface area (Å²) in [4.78, 5) is 11.8. The SMILES string of the molecule is C=C(O)/C=C\C(=C(\OC(C)=O)C(=C)C1C=C(C(F)(F)F)C(Cl)=CC1)c1cc(C(F)(F)F)nn1C. The van der Waals surface area contributed by atoms with E-state index in [0.29, 0.717) is 6.07 Å². The molecule has 34 heavy (non-hydrogen) atoms. The first-order valence-electron chi connectivity index (χ1n) is 9.46. The number of aliphatic hydroxyl groups excluding tert-OH is 1. The number of esters is 1. The molecule has 1 aliphatic rings. The van der Waals surface area contributed by atoms with Gasteiger partial charge in [0.1, 0.15) is 11.5 Å². The van der Waals surface area contributed by atoms with Crippen LogP contribution in [-0.2, 0) is 22.8 Å². The molecule has 2 rings (SSSR count). The van der Waals surface area contributed by atoms with Crippen LogP contribution < -0.4 is 0 Å². The van der Waals surface area contributed by atoms with Crippen LogP contribution in [-0.4, -0.2) is 27.0 Å². The normalized spacial score (nSPS) is 17.7. The monoisotopic (exact) mass is 508 g/mol. The molecular formula is C22H19ClF6N2O3. The number of aliphatic hydroxyl groups is 1. The second-order valence-corrected chi connectivity index (χ2v) is 7.60. The quantitative estimate of drug-likeness (QED) is 0.205. The van der Waals surface area contributed by atoms with E-state index in [4.69, 9.17) is 16.3 Å². The average Bonchev–Trinajstić information content (AvgIpc) is 3.07. The Bertz CT molecular complexity index is 1140. The van der Waals surface area contributed by atoms with Gasteiger partial charge in [0.15, 0.2) is 5.69 Å². The van der Waals surface area contributed by atoms with E-state index < -0.39 is 52.1 Å². The highest BCUT2D eigenvalue weighted by Gasteiger charge is 2.39. The zero-order valence-corrected chi connectivity index (χ0v) is 18.6. The van der Waals surface area contributed by atoms with E-state index in [0.717, 1.165) is 35.9 Å². The minimum Gasteiger partial charge on any atom is -0.509 e. The second-order valence-electron chi connectivity index (χ2n) is 7.19. The van der Waals surface area contributed by atoms with Crippen molar-refractivity contribution in [2.24, 2.45) is 13.0 Å². The lowest BCUT2D eigenvalue weighted by atomic mass is 9.87. The Hall–Kier alpha value is -3.21. The number of halogens is 7. The molecule has 0 spiro atoms. The van der Waals surface area contributed by atoms with Gasteiger partial charge in [-0.2, -0.15) is 31.4 Å². The molecule has 1 unspecified atom stereocenters. The zero-order valence-electron chi connectivity index (χ0n) is 17.9. The molecule has 1 aromatic heterocycles. The summed E-state index contributed by atoms with van der Waals surface area (Å²) in [5.41, 5.74) is -2.96. The molecule has 1 aromatic rings. The Balaban J connectivity index is 2.76. The highest BCUT2D eigenvalue weighted by Crippen LogP contribution is 2.42. The molecule has 12 heteroatoms. The number of hydrogen-bond donors (Lipinski definition) is 1. The van der Waals surface area contributed by atoms with Crippen LogP contribution in [0.1, 0.15) is 24.7 Å². The predicted octanol–water partition coefficient (Wildman–Crippen LogP) is 6.53. The molecule has 0 radical (unpaired) electrons. The lowest BCUT2D eigenvalue weighted by Crippen LogP contribution is -2.19. The number of allylic oxidation sites excluding steroid dienone is 8. The number of carbonyl (C=O) groups is 1. The van der Waals surface area contributed by atoms with Gasteiger partial charge >= 0.3 is 18.3 Å². The van der Waals surface area contributed by atoms with Gasteiger partial charge in [-0.3, -0.25) is 9.48 Å². The lowest BCUT2D eigenvalue weighted by Gasteiger charge is -2.24. The van der Waals surface area contributed by atoms with Crippen molar-refractivity contribution in [1.82, 2.24) is 9.78 Å². The molecule has 0 amide bonds. The summed E-state index contributed by atoms with van der Waals surface area (Å²) in [5.74, 6) is -2.87. The maximum atomic E-state index is 13.4. The van der Waals surface area contributed by atoms with Crippen molar-refractivity contribution in [2.75, 3.05) is 0 Å². The van der Waals surface area contributed by atoms with Crippen LogP contribution in [0.4, 0.5) is 26.3 Å². The van der Waals surface area contributed by atoms with Gasteiger partial charge in [-0.15, -0.1) is 0 Å². The van der Waals surface area contributed by atoms with E-state index >= 15 is 0 Å². The predicted molar refractivity (Wildman–Crippen MR) is 113 cm³/mol. The molecule has 1 N–H and O–H groups in total. The fourth-order valence-corrected chi connectivity index (χ4v) is 3.34. The van der Waals surface area contributed by atoms with Crippen LogP contribution in [0.3, 0.4) is 0 Å². The molecule has 0 aromatic carbocycles. The van der Waals surface area contributed by atoms with Crippen LogP contribution in [0.15, 0.2) is 71.2 Å². The molecule has 1 atom stereocenters. The average molecular weight is 509 g/mol. The first-order valence-corrected chi connectivity index (χ1v) is 9.84. The smallest absolute Gasteiger partial charge is 0.435 e. The van der Waals surface area contributed by atoms with Crippen molar-refractivity contribution >= 4 is 23.1 Å². The maximum absolute atomic E-state index is 13.4. The van der Waals surface area contributed by atoms with Crippen molar-refractivity contribution in [2.45, 2.75) is 25.7 Å². The Kier molecular flexibility index (Phi) is 7.92. The maximum Gasteiger partial charge on any atom is 0.435 e. The first kappa shape index (κ1) is 27.0. The van der Waals surface area contributed by atoms with Crippen LogP contribution in [0.5, 0.6) is 0 Å². The Morgan fingerprint density at radius 3 is 2.32 bits per heavy atom. The van der Waals surface area contributed by atoms with Crippen molar-refractivity contribution < 1.29 is 41.0 Å². The Labute approximate surface area is 195 Å². The summed E-state index contributed by atoms with van der Waals surface area (Å²) < 4.78 is 85.7. The van der Waals surface area contributed by atoms with Crippen LogP contribution in [0.2, 0.25) is 0 Å². The Morgan fingerprint density at radius 2 is 1.85 bits per heavy atom. The van der Waals surface area contributed by atoms with Gasteiger partial charge in [-0.25, -0.2) is 0 Å². The number of hydrogen-bond acceptors (Lipinski definition) is 4. The van der Waals surface area contributed by atoms with Gasteiger partial charge in [0.05, 0.1) is 11.3 Å². The third-order valence-corrected chi connectivity index (χ3v) is 4.96. The molecular weight excluding hydrogens is 490 g/mol. The second kappa shape index (κ2) is 9.96. The molecule has 184 valence electrons. The summed E-state index contributed by atoms with van der Waals surface area (Å²) in [7, 11) is 1.19. The summed E-state index contributed by atoms with van der Waals surface area (Å²) in [6.07, 6.45) is -5.64. The van der Waals surface area contributed by atoms with E-state index in [2.05, 4.69) is 18.3 Å². The summed E-state index contributed by atoms with van der Waals surface area (Å²) in [6.45, 7) is 7.99. The van der Waals surface area contributed by atoms with Crippen molar-refractivity contribution in [3.8, 4) is 0 Å². The molecule has 0 fully saturated rings. The van der Waals surface area contributed by atoms with Gasteiger partial charge in [0.25, 0.3) is 0 Å². The van der Waals surface area contributed by atoms with Gasteiger partial charge < -0.3 is 9.84 Å². The topological polar surface area (TPSA) is 64.3 Å². The van der Waals surface area contributed by atoms with Crippen molar-refractivity contribution in [3.05, 3.63) is 82.6 Å². The number of aryl methyl sites for hydroxylation is 1. The Morgan fingerprint density at radius 1 is 1.24 bits per heavy atom. The third-order valence-electron chi connectivity index (χ3n) is 4.60. The van der Waals surface area contributed by atoms with E-state index in [1.165, 1.54) is 7.05 Å². The highest BCUT2D eigenvalue weighted by molar-refractivity contribution is 6.32. The van der Waals surface area contributed by atoms with Crippen molar-refractivity contribution in [3.63, 3.8) is 0 Å². The number of rotatable bonds is 6. The largest absolute Gasteiger partial charge is 0.509 e. The van der Waals surface area contributed by atoms with Gasteiger partial charge in [0, 0.05) is 30.5 Å². The van der Waals surface area contributed by atoms with Crippen LogP contribution in [0, 0.1) is 5.92 Å². The van der Waals surface area contributed by atoms with Gasteiger partial charge in [-0.1, -0.05) is 36.9 Å². The van der Waals surface area contributed by atoms with E-state index in [1.807, 2.05) is 0 Å². The molecule has 0 saturated carbocycles. The minimum atomic E-state index is -4.81. The van der Waals surface area contributed by atoms with Crippen LogP contribution in [0.25, 0.3) is 5.57 Å². The summed E-state index contributed by atoms with van der Waals surface area (Å²) >= 11 is 5.69. The molecule has 1 aliphatic carbocycles. The number of nitrogens with zero attached hydrogens (tertiary/aromatic N) is 2. The first-order chi connectivity index (χ1) is 15.5. The van der Waals surface area contributed by atoms with Gasteiger partial charge in [0.2, 0.25) is 0 Å². The molecule has 1 heterocycles. The lowest BCUT2D eigenvalue weighted by molar-refractivity contribution is -0.141. The fourth-order valence-electron chi connectivity index (χ4n) is 3.08. The fraction of sp³-hybridized carbons (Fsp3) is 0.273. The third kappa shape index (κ3) is 6.43. The van der Waals surface area contributed by atoms with Gasteiger partial charge in [-0.05, 0) is 30.2 Å². The standard InChI is InChI=1S/C22H19ClF6N2O3/c1-11(32)5-7-15(18-10-19(22(27,28)29)30-31(18)4)20(34-13(3)33)12(2)14-6-8-17(23)16(9-14)21(24,25)26/h5,7-10,14,32H,1-2,6H2,3-4H3/b7-5-,20-15-. The number of alkyl halides is 6. The number of ether oxygens (including phenoxy) is 1. The molecule has 0 bridgehead atoms. The molecule has 0 aliphatic heterocycles.